The number of fused-ring (bicyclic) bond motifs is 1. The molecule has 2 heterocycles. The highest BCUT2D eigenvalue weighted by Gasteiger charge is 2.40. The summed E-state index contributed by atoms with van der Waals surface area (Å²) in [6.07, 6.45) is 0. The average Bonchev–Trinajstić information content (AvgIpc) is 3.45. The van der Waals surface area contributed by atoms with Crippen LogP contribution >= 0.6 is 0 Å². The van der Waals surface area contributed by atoms with Gasteiger partial charge in [-0.3, -0.25) is 9.69 Å². The van der Waals surface area contributed by atoms with Crippen LogP contribution < -0.4 is 10.2 Å². The lowest BCUT2D eigenvalue weighted by Gasteiger charge is -2.34. The molecule has 4 aromatic rings. The van der Waals surface area contributed by atoms with Gasteiger partial charge in [0, 0.05) is 24.7 Å². The molecule has 3 aromatic carbocycles. The number of aromatic amines is 1. The fourth-order valence-electron chi connectivity index (χ4n) is 3.98. The molecule has 0 saturated carbocycles. The van der Waals surface area contributed by atoms with Crippen LogP contribution in [0.2, 0.25) is 0 Å². The molecule has 0 bridgehead atoms. The van der Waals surface area contributed by atoms with Gasteiger partial charge in [-0.05, 0) is 41.5 Å². The number of nitrogens with one attached hydrogen (secondary N) is 2. The number of aryl methyl sites for hydroxylation is 1. The Morgan fingerprint density at radius 3 is 2.38 bits per heavy atom. The van der Waals surface area contributed by atoms with Crippen molar-refractivity contribution in [3.63, 3.8) is 0 Å². The molecule has 0 aliphatic carbocycles. The van der Waals surface area contributed by atoms with Gasteiger partial charge in [0.1, 0.15) is 4.90 Å². The number of rotatable bonds is 6. The van der Waals surface area contributed by atoms with Crippen molar-refractivity contribution in [1.29, 1.82) is 0 Å². The number of amides is 3. The lowest BCUT2D eigenvalue weighted by atomic mass is 10.1. The van der Waals surface area contributed by atoms with Crippen LogP contribution in [0.3, 0.4) is 0 Å². The Labute approximate surface area is 213 Å². The third-order valence-electron chi connectivity index (χ3n) is 6.11. The van der Waals surface area contributed by atoms with E-state index in [4.69, 9.17) is 0 Å². The first kappa shape index (κ1) is 24.1. The smallest absolute Gasteiger partial charge is 0.338 e. The second-order valence-corrected chi connectivity index (χ2v) is 10.5. The second kappa shape index (κ2) is 9.47. The van der Waals surface area contributed by atoms with Crippen LogP contribution in [0.1, 0.15) is 27.0 Å². The van der Waals surface area contributed by atoms with Crippen molar-refractivity contribution in [3.05, 3.63) is 89.0 Å². The number of sulfonamides is 1. The second-order valence-electron chi connectivity index (χ2n) is 8.64. The minimum absolute atomic E-state index is 0.110. The van der Waals surface area contributed by atoms with Crippen molar-refractivity contribution in [2.45, 2.75) is 24.9 Å². The van der Waals surface area contributed by atoms with Gasteiger partial charge >= 0.3 is 6.03 Å². The number of hydrogen-bond acceptors (Lipinski definition) is 7. The zero-order chi connectivity index (χ0) is 26.2. The van der Waals surface area contributed by atoms with Crippen molar-refractivity contribution in [1.82, 2.24) is 30.2 Å². The fraction of sp³-hybridized carbons (Fsp3) is 0.160. The third kappa shape index (κ3) is 4.66. The summed E-state index contributed by atoms with van der Waals surface area (Å²) >= 11 is 0. The Morgan fingerprint density at radius 1 is 1.00 bits per heavy atom. The number of anilines is 1. The summed E-state index contributed by atoms with van der Waals surface area (Å²) in [5, 5.41) is 16.5. The van der Waals surface area contributed by atoms with Crippen molar-refractivity contribution >= 4 is 27.6 Å². The van der Waals surface area contributed by atoms with Gasteiger partial charge in [0.25, 0.3) is 15.9 Å². The van der Waals surface area contributed by atoms with Gasteiger partial charge in [-0.2, -0.15) is 5.21 Å². The van der Waals surface area contributed by atoms with Crippen LogP contribution in [0.25, 0.3) is 11.4 Å². The molecule has 0 radical (unpaired) electrons. The third-order valence-corrected chi connectivity index (χ3v) is 7.86. The Hall–Kier alpha value is -4.58. The summed E-state index contributed by atoms with van der Waals surface area (Å²) in [5.41, 5.74) is 3.71. The number of tetrazole rings is 1. The molecule has 0 fully saturated rings. The zero-order valence-electron chi connectivity index (χ0n) is 20.0. The van der Waals surface area contributed by atoms with E-state index < -0.39 is 22.0 Å². The van der Waals surface area contributed by atoms with Gasteiger partial charge < -0.3 is 5.32 Å². The summed E-state index contributed by atoms with van der Waals surface area (Å²) in [5.74, 6) is -0.0169. The SMILES string of the molecule is Cc1ccc(CNC(=O)c2ccc3c(c2)S(=O)(=O)N(Cc2ccc(-c4nn[nH]n4)cc2)C(=O)N3C)cc1. The lowest BCUT2D eigenvalue weighted by Crippen LogP contribution is -2.48. The Kier molecular flexibility index (Phi) is 6.17. The van der Waals surface area contributed by atoms with Crippen LogP contribution in [0, 0.1) is 6.92 Å². The summed E-state index contributed by atoms with van der Waals surface area (Å²) in [4.78, 5) is 27.0. The van der Waals surface area contributed by atoms with E-state index in [1.807, 2.05) is 31.2 Å². The van der Waals surface area contributed by atoms with E-state index in [9.17, 15) is 18.0 Å². The minimum Gasteiger partial charge on any atom is -0.348 e. The van der Waals surface area contributed by atoms with Gasteiger partial charge in [0.05, 0.1) is 12.2 Å². The maximum Gasteiger partial charge on any atom is 0.338 e. The Balaban J connectivity index is 1.38. The first-order chi connectivity index (χ1) is 17.7. The molecular weight excluding hydrogens is 494 g/mol. The van der Waals surface area contributed by atoms with Crippen LogP contribution in [0.15, 0.2) is 71.6 Å². The van der Waals surface area contributed by atoms with E-state index in [1.54, 1.807) is 24.3 Å². The maximum atomic E-state index is 13.5. The normalized spacial score (nSPS) is 14.4. The summed E-state index contributed by atoms with van der Waals surface area (Å²) in [6, 6.07) is 18.2. The lowest BCUT2D eigenvalue weighted by molar-refractivity contribution is 0.0950. The van der Waals surface area contributed by atoms with Gasteiger partial charge in [-0.15, -0.1) is 10.2 Å². The number of H-pyrrole nitrogens is 1. The average molecular weight is 518 g/mol. The molecule has 0 unspecified atom stereocenters. The highest BCUT2D eigenvalue weighted by atomic mass is 32.2. The largest absolute Gasteiger partial charge is 0.348 e. The topological polar surface area (TPSA) is 141 Å². The molecule has 1 aromatic heterocycles. The standard InChI is InChI=1S/C25H23N7O4S/c1-16-3-5-17(6-4-16)14-26-24(33)20-11-12-21-22(13-20)37(35,36)32(25(34)31(21)2)15-18-7-9-19(10-8-18)23-27-29-30-28-23/h3-13H,14-15H2,1-2H3,(H,26,33)(H,27,28,29,30). The number of hydrogen-bond donors (Lipinski definition) is 2. The fourth-order valence-corrected chi connectivity index (χ4v) is 5.61. The Bertz CT molecular complexity index is 1570. The van der Waals surface area contributed by atoms with E-state index >= 15 is 0 Å². The molecule has 3 amide bonds. The number of nitrogens with zero attached hydrogens (tertiary/aromatic N) is 5. The predicted octanol–water partition coefficient (Wildman–Crippen LogP) is 2.87. The molecule has 0 spiro atoms. The maximum absolute atomic E-state index is 13.5. The van der Waals surface area contributed by atoms with Crippen molar-refractivity contribution in [2.24, 2.45) is 0 Å². The monoisotopic (exact) mass is 517 g/mol. The molecule has 1 aliphatic heterocycles. The summed E-state index contributed by atoms with van der Waals surface area (Å²) in [7, 11) is -2.72. The van der Waals surface area contributed by atoms with Gasteiger partial charge in [0.2, 0.25) is 5.82 Å². The van der Waals surface area contributed by atoms with Crippen molar-refractivity contribution in [3.8, 4) is 11.4 Å². The number of carbonyl (C=O) groups excluding carboxylic acids is 2. The number of aromatic nitrogens is 4. The molecule has 1 aliphatic rings. The van der Waals surface area contributed by atoms with E-state index in [0.29, 0.717) is 23.5 Å². The highest BCUT2D eigenvalue weighted by Crippen LogP contribution is 2.35. The molecule has 0 saturated heterocycles. The van der Waals surface area contributed by atoms with Gasteiger partial charge in [0.15, 0.2) is 0 Å². The molecular formula is C25H23N7O4S. The molecule has 11 nitrogen and oxygen atoms in total. The summed E-state index contributed by atoms with van der Waals surface area (Å²) in [6.45, 7) is 2.10. The first-order valence-electron chi connectivity index (χ1n) is 11.3. The summed E-state index contributed by atoms with van der Waals surface area (Å²) < 4.78 is 27.8. The highest BCUT2D eigenvalue weighted by molar-refractivity contribution is 7.90. The van der Waals surface area contributed by atoms with Crippen molar-refractivity contribution in [2.75, 3.05) is 11.9 Å². The molecule has 37 heavy (non-hydrogen) atoms. The molecule has 2 N–H and O–H groups in total. The van der Waals surface area contributed by atoms with Gasteiger partial charge in [-0.25, -0.2) is 17.5 Å². The van der Waals surface area contributed by atoms with E-state index in [1.165, 1.54) is 30.1 Å². The molecule has 12 heteroatoms. The van der Waals surface area contributed by atoms with Crippen molar-refractivity contribution < 1.29 is 18.0 Å². The van der Waals surface area contributed by atoms with Crippen LogP contribution in [0.4, 0.5) is 10.5 Å². The first-order valence-corrected chi connectivity index (χ1v) is 12.8. The van der Waals surface area contributed by atoms with E-state index in [0.717, 1.165) is 15.4 Å². The molecule has 188 valence electrons. The number of benzene rings is 3. The van der Waals surface area contributed by atoms with Crippen LogP contribution in [0.5, 0.6) is 0 Å². The molecule has 0 atom stereocenters. The van der Waals surface area contributed by atoms with Gasteiger partial charge in [-0.1, -0.05) is 54.1 Å². The van der Waals surface area contributed by atoms with Crippen LogP contribution in [-0.2, 0) is 23.1 Å². The Morgan fingerprint density at radius 2 is 1.70 bits per heavy atom. The van der Waals surface area contributed by atoms with E-state index in [2.05, 4.69) is 25.9 Å². The number of carbonyl (C=O) groups is 2. The van der Waals surface area contributed by atoms with E-state index in [-0.39, 0.29) is 22.7 Å². The zero-order valence-corrected chi connectivity index (χ0v) is 20.9. The number of urea groups is 1. The van der Waals surface area contributed by atoms with Crippen LogP contribution in [-0.4, -0.2) is 52.3 Å². The quantitative estimate of drug-likeness (QED) is 0.401. The minimum atomic E-state index is -4.22. The molecule has 5 rings (SSSR count). The predicted molar refractivity (Wildman–Crippen MR) is 135 cm³/mol.